The summed E-state index contributed by atoms with van der Waals surface area (Å²) in [7, 11) is -0.0793. The molecule has 0 aliphatic rings. The largest absolute Gasteiger partial charge is 1.00 e. The number of benzene rings is 4. The molecule has 0 amide bonds. The Morgan fingerprint density at radius 3 is 1.15 bits per heavy atom. The van der Waals surface area contributed by atoms with Crippen molar-refractivity contribution < 1.29 is 17.0 Å². The summed E-state index contributed by atoms with van der Waals surface area (Å²) >= 11 is 0. The van der Waals surface area contributed by atoms with Crippen LogP contribution < -0.4 is 17.0 Å². The van der Waals surface area contributed by atoms with Gasteiger partial charge in [0.05, 0.1) is 10.9 Å². The SMILES string of the molecule is [Br-].c1ccc(-c2ccc([S+](c3ccccc3)c3ccccc3)cc2)cc1. The fourth-order valence-corrected chi connectivity index (χ4v) is 5.02. The number of hydrogen-bond acceptors (Lipinski definition) is 0. The second-order valence-corrected chi connectivity index (χ2v) is 7.85. The molecular weight excluding hydrogens is 400 g/mol. The van der Waals surface area contributed by atoms with E-state index in [-0.39, 0.29) is 27.9 Å². The first-order valence-electron chi connectivity index (χ1n) is 8.42. The second kappa shape index (κ2) is 8.88. The van der Waals surface area contributed by atoms with Gasteiger partial charge >= 0.3 is 0 Å². The molecule has 0 atom stereocenters. The Bertz CT molecular complexity index is 881. The minimum absolute atomic E-state index is 0. The minimum atomic E-state index is -0.0793. The molecule has 0 fully saturated rings. The number of hydrogen-bond donors (Lipinski definition) is 0. The van der Waals surface area contributed by atoms with Gasteiger partial charge in [-0.3, -0.25) is 0 Å². The maximum atomic E-state index is 2.27. The van der Waals surface area contributed by atoms with E-state index in [0.29, 0.717) is 0 Å². The van der Waals surface area contributed by atoms with Crippen molar-refractivity contribution in [1.82, 2.24) is 0 Å². The maximum Gasteiger partial charge on any atom is 0.166 e. The molecule has 0 radical (unpaired) electrons. The van der Waals surface area contributed by atoms with Gasteiger partial charge in [0.15, 0.2) is 14.7 Å². The molecule has 0 saturated carbocycles. The van der Waals surface area contributed by atoms with Gasteiger partial charge in [-0.25, -0.2) is 0 Å². The van der Waals surface area contributed by atoms with Crippen LogP contribution in [-0.4, -0.2) is 0 Å². The zero-order valence-electron chi connectivity index (χ0n) is 14.3. The summed E-state index contributed by atoms with van der Waals surface area (Å²) in [6.45, 7) is 0. The van der Waals surface area contributed by atoms with E-state index in [1.165, 1.54) is 25.8 Å². The molecular formula is C24H19BrS. The highest BCUT2D eigenvalue weighted by Crippen LogP contribution is 2.32. The normalized spacial score (nSPS) is 10.3. The van der Waals surface area contributed by atoms with E-state index < -0.39 is 0 Å². The van der Waals surface area contributed by atoms with Crippen LogP contribution in [0.15, 0.2) is 130 Å². The Hall–Kier alpha value is -2.29. The van der Waals surface area contributed by atoms with Crippen molar-refractivity contribution >= 4 is 10.9 Å². The fraction of sp³-hybridized carbons (Fsp3) is 0. The zero-order chi connectivity index (χ0) is 16.9. The van der Waals surface area contributed by atoms with E-state index in [2.05, 4.69) is 115 Å². The lowest BCUT2D eigenvalue weighted by atomic mass is 10.1. The summed E-state index contributed by atoms with van der Waals surface area (Å²) in [5.41, 5.74) is 2.52. The molecule has 0 aliphatic heterocycles. The summed E-state index contributed by atoms with van der Waals surface area (Å²) in [4.78, 5) is 4.04. The molecule has 0 aromatic heterocycles. The van der Waals surface area contributed by atoms with Crippen molar-refractivity contribution in [3.05, 3.63) is 115 Å². The molecule has 0 saturated heterocycles. The lowest BCUT2D eigenvalue weighted by molar-refractivity contribution is -0.00000483. The van der Waals surface area contributed by atoms with Gasteiger partial charge < -0.3 is 17.0 Å². The van der Waals surface area contributed by atoms with Gasteiger partial charge in [0.25, 0.3) is 0 Å². The van der Waals surface area contributed by atoms with Crippen molar-refractivity contribution in [2.75, 3.05) is 0 Å². The molecule has 0 unspecified atom stereocenters. The van der Waals surface area contributed by atoms with Crippen LogP contribution in [0.1, 0.15) is 0 Å². The average Bonchev–Trinajstić information content (AvgIpc) is 2.71. The Morgan fingerprint density at radius 1 is 0.346 bits per heavy atom. The Morgan fingerprint density at radius 2 is 0.692 bits per heavy atom. The quantitative estimate of drug-likeness (QED) is 0.445. The van der Waals surface area contributed by atoms with Crippen molar-refractivity contribution in [2.24, 2.45) is 0 Å². The fourth-order valence-electron chi connectivity index (χ4n) is 2.94. The third-order valence-corrected chi connectivity index (χ3v) is 6.39. The third-order valence-electron chi connectivity index (χ3n) is 4.15. The topological polar surface area (TPSA) is 0 Å². The van der Waals surface area contributed by atoms with E-state index in [4.69, 9.17) is 0 Å². The van der Waals surface area contributed by atoms with Crippen LogP contribution in [0.2, 0.25) is 0 Å². The molecule has 2 heteroatoms. The van der Waals surface area contributed by atoms with Gasteiger partial charge in [0, 0.05) is 0 Å². The first kappa shape index (κ1) is 18.5. The van der Waals surface area contributed by atoms with Gasteiger partial charge in [-0.05, 0) is 59.7 Å². The summed E-state index contributed by atoms with van der Waals surface area (Å²) in [5.74, 6) is 0. The van der Waals surface area contributed by atoms with E-state index in [1.807, 2.05) is 0 Å². The third kappa shape index (κ3) is 4.09. The maximum absolute atomic E-state index is 2.27. The predicted octanol–water partition coefficient (Wildman–Crippen LogP) is 3.45. The van der Waals surface area contributed by atoms with Crippen molar-refractivity contribution in [1.29, 1.82) is 0 Å². The van der Waals surface area contributed by atoms with Gasteiger partial charge in [0.2, 0.25) is 0 Å². The van der Waals surface area contributed by atoms with Crippen molar-refractivity contribution in [3.8, 4) is 11.1 Å². The van der Waals surface area contributed by atoms with Gasteiger partial charge in [-0.15, -0.1) is 0 Å². The number of halogens is 1. The molecule has 0 aliphatic carbocycles. The van der Waals surface area contributed by atoms with Crippen LogP contribution in [0, 0.1) is 0 Å². The molecule has 0 nitrogen and oxygen atoms in total. The summed E-state index contributed by atoms with van der Waals surface area (Å²) in [5, 5.41) is 0. The summed E-state index contributed by atoms with van der Waals surface area (Å²) in [6, 6.07) is 41.1. The first-order valence-corrected chi connectivity index (χ1v) is 9.64. The highest BCUT2D eigenvalue weighted by atomic mass is 79.9. The highest BCUT2D eigenvalue weighted by Gasteiger charge is 2.27. The van der Waals surface area contributed by atoms with Crippen LogP contribution in [-0.2, 0) is 10.9 Å². The van der Waals surface area contributed by atoms with Gasteiger partial charge in [-0.1, -0.05) is 66.7 Å². The predicted molar refractivity (Wildman–Crippen MR) is 107 cm³/mol. The minimum Gasteiger partial charge on any atom is -1.00 e. The Balaban J connectivity index is 0.00000196. The molecule has 26 heavy (non-hydrogen) atoms. The smallest absolute Gasteiger partial charge is 0.166 e. The van der Waals surface area contributed by atoms with Gasteiger partial charge in [-0.2, -0.15) is 0 Å². The first-order chi connectivity index (χ1) is 12.4. The Labute approximate surface area is 168 Å². The van der Waals surface area contributed by atoms with E-state index >= 15 is 0 Å². The summed E-state index contributed by atoms with van der Waals surface area (Å²) < 4.78 is 0. The van der Waals surface area contributed by atoms with Crippen molar-refractivity contribution in [3.63, 3.8) is 0 Å². The van der Waals surface area contributed by atoms with Crippen LogP contribution in [0.5, 0.6) is 0 Å². The molecule has 0 spiro atoms. The molecule has 4 rings (SSSR count). The molecule has 4 aromatic rings. The molecule has 128 valence electrons. The molecule has 0 N–H and O–H groups in total. The molecule has 0 bridgehead atoms. The molecule has 4 aromatic carbocycles. The van der Waals surface area contributed by atoms with E-state index in [1.54, 1.807) is 0 Å². The summed E-state index contributed by atoms with van der Waals surface area (Å²) in [6.07, 6.45) is 0. The van der Waals surface area contributed by atoms with E-state index in [0.717, 1.165) is 0 Å². The Kier molecular flexibility index (Phi) is 6.32. The van der Waals surface area contributed by atoms with Crippen LogP contribution in [0.25, 0.3) is 11.1 Å². The lowest BCUT2D eigenvalue weighted by Gasteiger charge is -2.09. The highest BCUT2D eigenvalue weighted by molar-refractivity contribution is 7.97. The molecule has 0 heterocycles. The van der Waals surface area contributed by atoms with Crippen LogP contribution in [0.3, 0.4) is 0 Å². The number of rotatable bonds is 4. The van der Waals surface area contributed by atoms with Gasteiger partial charge in [0.1, 0.15) is 0 Å². The van der Waals surface area contributed by atoms with Crippen LogP contribution in [0.4, 0.5) is 0 Å². The standard InChI is InChI=1S/C24H19S.BrH/c1-4-10-20(11-5-1)21-16-18-24(19-17-21)25(22-12-6-2-7-13-22)23-14-8-3-9-15-23;/h1-19H;1H/q+1;/p-1. The van der Waals surface area contributed by atoms with Crippen LogP contribution >= 0.6 is 0 Å². The second-order valence-electron chi connectivity index (χ2n) is 5.82. The van der Waals surface area contributed by atoms with E-state index in [9.17, 15) is 0 Å². The lowest BCUT2D eigenvalue weighted by Crippen LogP contribution is -3.00. The zero-order valence-corrected chi connectivity index (χ0v) is 16.7. The average molecular weight is 419 g/mol. The monoisotopic (exact) mass is 418 g/mol. The van der Waals surface area contributed by atoms with Crippen molar-refractivity contribution in [2.45, 2.75) is 14.7 Å².